The lowest BCUT2D eigenvalue weighted by atomic mass is 10.1. The number of hydrogen-bond donors (Lipinski definition) is 0. The molecule has 2 rings (SSSR count). The lowest BCUT2D eigenvalue weighted by Gasteiger charge is -2.02. The molecule has 0 fully saturated rings. The van der Waals surface area contributed by atoms with E-state index in [1.807, 2.05) is 27.9 Å². The molecule has 0 aliphatic heterocycles. The minimum atomic E-state index is 0.0301. The van der Waals surface area contributed by atoms with Crippen LogP contribution in [0.15, 0.2) is 6.20 Å². The summed E-state index contributed by atoms with van der Waals surface area (Å²) in [6, 6.07) is 0. The number of Topliss-reactive ketones (excluding diaryl/α,β-unsaturated/α-hetero) is 1. The van der Waals surface area contributed by atoms with Gasteiger partial charge in [0.05, 0.1) is 34.1 Å². The lowest BCUT2D eigenvalue weighted by molar-refractivity contribution is 0.0990. The molecule has 0 aliphatic carbocycles. The van der Waals surface area contributed by atoms with Crippen molar-refractivity contribution in [1.82, 2.24) is 19.6 Å². The van der Waals surface area contributed by atoms with Gasteiger partial charge in [0.1, 0.15) is 0 Å². The van der Waals surface area contributed by atoms with Crippen LogP contribution in [-0.2, 0) is 33.4 Å². The van der Waals surface area contributed by atoms with E-state index < -0.39 is 0 Å². The van der Waals surface area contributed by atoms with Crippen molar-refractivity contribution in [3.05, 3.63) is 33.9 Å². The van der Waals surface area contributed by atoms with Crippen molar-refractivity contribution in [2.24, 2.45) is 14.1 Å². The highest BCUT2D eigenvalue weighted by Gasteiger charge is 2.20. The molecular weight excluding hydrogens is 276 g/mol. The van der Waals surface area contributed by atoms with Crippen molar-refractivity contribution in [3.8, 4) is 0 Å². The van der Waals surface area contributed by atoms with E-state index in [2.05, 4.69) is 10.2 Å². The fraction of sp³-hybridized carbons (Fsp3) is 0.500. The molecule has 2 aromatic heterocycles. The minimum absolute atomic E-state index is 0.0301. The monoisotopic (exact) mass is 294 g/mol. The fourth-order valence-corrected chi connectivity index (χ4v) is 2.65. The molecule has 0 unspecified atom stereocenters. The van der Waals surface area contributed by atoms with Crippen LogP contribution >= 0.6 is 11.6 Å². The molecule has 0 amide bonds. The summed E-state index contributed by atoms with van der Waals surface area (Å²) in [5, 5.41) is 9.24. The summed E-state index contributed by atoms with van der Waals surface area (Å²) < 4.78 is 3.37. The van der Waals surface area contributed by atoms with Crippen molar-refractivity contribution in [1.29, 1.82) is 0 Å². The van der Waals surface area contributed by atoms with Gasteiger partial charge in [-0.05, 0) is 12.8 Å². The average molecular weight is 295 g/mol. The van der Waals surface area contributed by atoms with Crippen LogP contribution in [0.25, 0.3) is 0 Å². The summed E-state index contributed by atoms with van der Waals surface area (Å²) >= 11 is 6.28. The van der Waals surface area contributed by atoms with Gasteiger partial charge in [-0.15, -0.1) is 0 Å². The lowest BCUT2D eigenvalue weighted by Crippen LogP contribution is -2.09. The average Bonchev–Trinajstić information content (AvgIpc) is 2.93. The molecule has 2 heterocycles. The van der Waals surface area contributed by atoms with Gasteiger partial charge in [-0.25, -0.2) is 0 Å². The van der Waals surface area contributed by atoms with Gasteiger partial charge in [0.15, 0.2) is 5.78 Å². The van der Waals surface area contributed by atoms with Gasteiger partial charge in [-0.2, -0.15) is 10.2 Å². The van der Waals surface area contributed by atoms with Crippen molar-refractivity contribution in [3.63, 3.8) is 0 Å². The van der Waals surface area contributed by atoms with E-state index in [4.69, 9.17) is 11.6 Å². The van der Waals surface area contributed by atoms with Crippen molar-refractivity contribution >= 4 is 17.4 Å². The first-order chi connectivity index (χ1) is 9.47. The molecule has 0 aromatic carbocycles. The number of ketones is 1. The number of rotatable bonds is 5. The molecule has 0 bridgehead atoms. The molecule has 0 radical (unpaired) electrons. The Bertz CT molecular complexity index is 642. The Balaban J connectivity index is 2.30. The minimum Gasteiger partial charge on any atom is -0.294 e. The van der Waals surface area contributed by atoms with Gasteiger partial charge in [-0.1, -0.05) is 25.4 Å². The third kappa shape index (κ3) is 2.63. The Morgan fingerprint density at radius 3 is 2.40 bits per heavy atom. The third-order valence-corrected chi connectivity index (χ3v) is 3.81. The standard InChI is InChI=1S/C14H19ClN4O/c1-5-10-9(8-18(3)16-10)13(20)7-12-14(15)11(6-2)17-19(12)4/h8H,5-7H2,1-4H3. The van der Waals surface area contributed by atoms with Crippen LogP contribution in [0.4, 0.5) is 0 Å². The first-order valence-corrected chi connectivity index (χ1v) is 7.11. The number of carbonyl (C=O) groups is 1. The van der Waals surface area contributed by atoms with E-state index in [1.165, 1.54) is 0 Å². The number of hydrogen-bond acceptors (Lipinski definition) is 3. The van der Waals surface area contributed by atoms with Crippen LogP contribution in [0.2, 0.25) is 5.02 Å². The fourth-order valence-electron chi connectivity index (χ4n) is 2.29. The second-order valence-corrected chi connectivity index (χ2v) is 5.18. The van der Waals surface area contributed by atoms with E-state index in [0.717, 1.165) is 29.9 Å². The summed E-state index contributed by atoms with van der Waals surface area (Å²) in [4.78, 5) is 12.5. The molecule has 0 saturated heterocycles. The molecule has 20 heavy (non-hydrogen) atoms. The Hall–Kier alpha value is -1.62. The summed E-state index contributed by atoms with van der Waals surface area (Å²) in [6.45, 7) is 3.99. The Morgan fingerprint density at radius 1 is 1.20 bits per heavy atom. The molecule has 6 heteroatoms. The molecule has 2 aromatic rings. The Labute approximate surface area is 123 Å². The highest BCUT2D eigenvalue weighted by Crippen LogP contribution is 2.23. The summed E-state index contributed by atoms with van der Waals surface area (Å²) in [5.41, 5.74) is 3.09. The molecular formula is C14H19ClN4O. The largest absolute Gasteiger partial charge is 0.294 e. The first-order valence-electron chi connectivity index (χ1n) is 6.73. The second-order valence-electron chi connectivity index (χ2n) is 4.80. The topological polar surface area (TPSA) is 52.7 Å². The molecule has 0 atom stereocenters. The van der Waals surface area contributed by atoms with Crippen LogP contribution in [-0.4, -0.2) is 25.3 Å². The highest BCUT2D eigenvalue weighted by atomic mass is 35.5. The summed E-state index contributed by atoms with van der Waals surface area (Å²) in [7, 11) is 3.64. The van der Waals surface area contributed by atoms with Gasteiger partial charge < -0.3 is 0 Å². The maximum Gasteiger partial charge on any atom is 0.172 e. The van der Waals surface area contributed by atoms with Crippen LogP contribution in [0.5, 0.6) is 0 Å². The van der Waals surface area contributed by atoms with Gasteiger partial charge in [0.2, 0.25) is 0 Å². The van der Waals surface area contributed by atoms with E-state index in [0.29, 0.717) is 10.6 Å². The van der Waals surface area contributed by atoms with Crippen LogP contribution < -0.4 is 0 Å². The number of aromatic nitrogens is 4. The van der Waals surface area contributed by atoms with E-state index in [1.54, 1.807) is 15.6 Å². The third-order valence-electron chi connectivity index (χ3n) is 3.37. The molecule has 0 spiro atoms. The van der Waals surface area contributed by atoms with Gasteiger partial charge in [0.25, 0.3) is 0 Å². The quantitative estimate of drug-likeness (QED) is 0.796. The van der Waals surface area contributed by atoms with Crippen LogP contribution in [0, 0.1) is 0 Å². The number of carbonyl (C=O) groups excluding carboxylic acids is 1. The van der Waals surface area contributed by atoms with Crippen molar-refractivity contribution in [2.45, 2.75) is 33.1 Å². The maximum atomic E-state index is 12.5. The van der Waals surface area contributed by atoms with E-state index in [-0.39, 0.29) is 12.2 Å². The zero-order valence-corrected chi connectivity index (χ0v) is 13.0. The van der Waals surface area contributed by atoms with E-state index >= 15 is 0 Å². The predicted octanol–water partition coefficient (Wildman–Crippen LogP) is 2.36. The number of halogens is 1. The molecule has 0 aliphatic rings. The zero-order valence-electron chi connectivity index (χ0n) is 12.3. The van der Waals surface area contributed by atoms with Crippen molar-refractivity contribution < 1.29 is 4.79 Å². The van der Waals surface area contributed by atoms with Crippen LogP contribution in [0.3, 0.4) is 0 Å². The highest BCUT2D eigenvalue weighted by molar-refractivity contribution is 6.32. The van der Waals surface area contributed by atoms with E-state index in [9.17, 15) is 4.79 Å². The second kappa shape index (κ2) is 5.79. The van der Waals surface area contributed by atoms with Crippen LogP contribution in [0.1, 0.15) is 41.3 Å². The molecule has 0 saturated carbocycles. The van der Waals surface area contributed by atoms with Crippen molar-refractivity contribution in [2.75, 3.05) is 0 Å². The molecule has 0 N–H and O–H groups in total. The summed E-state index contributed by atoms with van der Waals surface area (Å²) in [5.74, 6) is 0.0301. The smallest absolute Gasteiger partial charge is 0.172 e. The molecule has 5 nitrogen and oxygen atoms in total. The number of aryl methyl sites for hydroxylation is 4. The normalized spacial score (nSPS) is 11.1. The number of nitrogens with zero attached hydrogens (tertiary/aromatic N) is 4. The van der Waals surface area contributed by atoms with Gasteiger partial charge >= 0.3 is 0 Å². The Kier molecular flexibility index (Phi) is 4.28. The molecule has 108 valence electrons. The van der Waals surface area contributed by atoms with Gasteiger partial charge in [-0.3, -0.25) is 14.2 Å². The Morgan fingerprint density at radius 2 is 1.85 bits per heavy atom. The summed E-state index contributed by atoms with van der Waals surface area (Å²) in [6.07, 6.45) is 3.52. The van der Waals surface area contributed by atoms with Gasteiger partial charge in [0, 0.05) is 20.3 Å². The maximum absolute atomic E-state index is 12.5. The SMILES string of the molecule is CCc1nn(C)cc1C(=O)Cc1c(Cl)c(CC)nn1C. The zero-order chi connectivity index (χ0) is 14.9. The first kappa shape index (κ1) is 14.8. The predicted molar refractivity (Wildman–Crippen MR) is 78.2 cm³/mol.